The van der Waals surface area contributed by atoms with E-state index in [1.165, 1.54) is 0 Å². The van der Waals surface area contributed by atoms with Crippen LogP contribution in [0, 0.1) is 0 Å². The Labute approximate surface area is 156 Å². The number of fused-ring (bicyclic) bond motifs is 1. The summed E-state index contributed by atoms with van der Waals surface area (Å²) in [6, 6.07) is 11.8. The summed E-state index contributed by atoms with van der Waals surface area (Å²) in [7, 11) is 1.58. The van der Waals surface area contributed by atoms with Gasteiger partial charge in [0.05, 0.1) is 7.11 Å². The van der Waals surface area contributed by atoms with Crippen molar-refractivity contribution >= 4 is 23.2 Å². The van der Waals surface area contributed by atoms with E-state index in [1.807, 2.05) is 0 Å². The molecule has 27 heavy (non-hydrogen) atoms. The molecule has 2 heterocycles. The average molecular weight is 368 g/mol. The lowest BCUT2D eigenvalue weighted by Crippen LogP contribution is -2.41. The maximum absolute atomic E-state index is 12.8. The van der Waals surface area contributed by atoms with Crippen molar-refractivity contribution < 1.29 is 23.8 Å². The van der Waals surface area contributed by atoms with Crippen LogP contribution in [0.3, 0.4) is 0 Å². The largest absolute Gasteiger partial charge is 0.497 e. The summed E-state index contributed by atoms with van der Waals surface area (Å²) >= 11 is 0. The molecule has 2 amide bonds. The van der Waals surface area contributed by atoms with Crippen molar-refractivity contribution in [3.05, 3.63) is 42.5 Å². The summed E-state index contributed by atoms with van der Waals surface area (Å²) in [5, 5.41) is 2.88. The number of carbonyl (C=O) groups excluding carboxylic acids is 2. The van der Waals surface area contributed by atoms with Crippen LogP contribution in [0.4, 0.5) is 11.4 Å². The van der Waals surface area contributed by atoms with E-state index in [2.05, 4.69) is 5.32 Å². The molecule has 0 aliphatic carbocycles. The summed E-state index contributed by atoms with van der Waals surface area (Å²) in [5.41, 5.74) is 1.29. The lowest BCUT2D eigenvalue weighted by Gasteiger charge is -2.25. The van der Waals surface area contributed by atoms with Crippen molar-refractivity contribution in [2.75, 3.05) is 30.5 Å². The first-order valence-electron chi connectivity index (χ1n) is 8.82. The molecule has 0 bridgehead atoms. The molecule has 2 aromatic carbocycles. The van der Waals surface area contributed by atoms with Crippen LogP contribution < -0.4 is 24.4 Å². The molecule has 0 spiro atoms. The lowest BCUT2D eigenvalue weighted by molar-refractivity contribution is -0.120. The van der Waals surface area contributed by atoms with E-state index < -0.39 is 6.04 Å². The van der Waals surface area contributed by atoms with Crippen molar-refractivity contribution in [2.45, 2.75) is 18.9 Å². The van der Waals surface area contributed by atoms with Crippen molar-refractivity contribution in [1.29, 1.82) is 0 Å². The third-order valence-corrected chi connectivity index (χ3v) is 4.67. The molecule has 4 rings (SSSR count). The van der Waals surface area contributed by atoms with Gasteiger partial charge >= 0.3 is 0 Å². The van der Waals surface area contributed by atoms with E-state index in [9.17, 15) is 9.59 Å². The molecule has 1 fully saturated rings. The molecule has 1 atom stereocenters. The Morgan fingerprint density at radius 2 is 1.85 bits per heavy atom. The SMILES string of the molecule is COc1ccc(N2C(=O)CCC2C(=O)Nc2ccc3c(c2)OCCO3)cc1. The quantitative estimate of drug-likeness (QED) is 0.898. The highest BCUT2D eigenvalue weighted by Crippen LogP contribution is 2.33. The monoisotopic (exact) mass is 368 g/mol. The number of amides is 2. The molecule has 1 N–H and O–H groups in total. The number of methoxy groups -OCH3 is 1. The normalized spacial score (nSPS) is 18.3. The zero-order valence-electron chi connectivity index (χ0n) is 14.9. The van der Waals surface area contributed by atoms with Gasteiger partial charge in [0.15, 0.2) is 11.5 Å². The zero-order chi connectivity index (χ0) is 18.8. The van der Waals surface area contributed by atoms with Gasteiger partial charge in [0.25, 0.3) is 0 Å². The van der Waals surface area contributed by atoms with E-state index in [4.69, 9.17) is 14.2 Å². The predicted octanol–water partition coefficient (Wildman–Crippen LogP) is 2.60. The van der Waals surface area contributed by atoms with E-state index in [1.54, 1.807) is 54.5 Å². The summed E-state index contributed by atoms with van der Waals surface area (Å²) in [6.07, 6.45) is 0.812. The minimum absolute atomic E-state index is 0.0671. The molecule has 0 aromatic heterocycles. The molecule has 2 aromatic rings. The van der Waals surface area contributed by atoms with Gasteiger partial charge in [0.1, 0.15) is 25.0 Å². The number of rotatable bonds is 4. The topological polar surface area (TPSA) is 77.1 Å². The highest BCUT2D eigenvalue weighted by Gasteiger charge is 2.37. The van der Waals surface area contributed by atoms with E-state index >= 15 is 0 Å². The molecule has 7 nitrogen and oxygen atoms in total. The number of anilines is 2. The Morgan fingerprint density at radius 1 is 1.11 bits per heavy atom. The van der Waals surface area contributed by atoms with Crippen molar-refractivity contribution in [2.24, 2.45) is 0 Å². The predicted molar refractivity (Wildman–Crippen MR) is 99.6 cm³/mol. The van der Waals surface area contributed by atoms with Crippen LogP contribution in [0.25, 0.3) is 0 Å². The number of nitrogens with one attached hydrogen (secondary N) is 1. The third kappa shape index (κ3) is 3.40. The number of hydrogen-bond donors (Lipinski definition) is 1. The van der Waals surface area contributed by atoms with Crippen molar-refractivity contribution in [3.63, 3.8) is 0 Å². The Kier molecular flexibility index (Phi) is 4.58. The minimum Gasteiger partial charge on any atom is -0.497 e. The molecule has 2 aliphatic rings. The fourth-order valence-corrected chi connectivity index (χ4v) is 3.35. The Hall–Kier alpha value is -3.22. The maximum Gasteiger partial charge on any atom is 0.247 e. The van der Waals surface area contributed by atoms with Gasteiger partial charge in [0, 0.05) is 23.9 Å². The van der Waals surface area contributed by atoms with Gasteiger partial charge < -0.3 is 19.5 Å². The average Bonchev–Trinajstić information content (AvgIpc) is 3.09. The van der Waals surface area contributed by atoms with Crippen molar-refractivity contribution in [3.8, 4) is 17.2 Å². The van der Waals surface area contributed by atoms with Crippen LogP contribution in [0.15, 0.2) is 42.5 Å². The van der Waals surface area contributed by atoms with Crippen molar-refractivity contribution in [1.82, 2.24) is 0 Å². The van der Waals surface area contributed by atoms with E-state index in [0.717, 1.165) is 0 Å². The smallest absolute Gasteiger partial charge is 0.247 e. The molecule has 0 radical (unpaired) electrons. The third-order valence-electron chi connectivity index (χ3n) is 4.67. The number of hydrogen-bond acceptors (Lipinski definition) is 5. The minimum atomic E-state index is -0.556. The fourth-order valence-electron chi connectivity index (χ4n) is 3.35. The second-order valence-electron chi connectivity index (χ2n) is 6.36. The summed E-state index contributed by atoms with van der Waals surface area (Å²) < 4.78 is 16.2. The maximum atomic E-state index is 12.8. The molecule has 140 valence electrons. The van der Waals surface area contributed by atoms with Crippen LogP contribution in [-0.2, 0) is 9.59 Å². The lowest BCUT2D eigenvalue weighted by atomic mass is 10.1. The summed E-state index contributed by atoms with van der Waals surface area (Å²) in [4.78, 5) is 26.7. The number of ether oxygens (including phenoxy) is 3. The summed E-state index contributed by atoms with van der Waals surface area (Å²) in [5.74, 6) is 1.67. The van der Waals surface area contributed by atoms with E-state index in [-0.39, 0.29) is 11.8 Å². The standard InChI is InChI=1S/C20H20N2O5/c1-25-15-5-3-14(4-6-15)22-16(7-9-19(22)23)20(24)21-13-2-8-17-18(12-13)27-11-10-26-17/h2-6,8,12,16H,7,9-11H2,1H3,(H,21,24). The Balaban J connectivity index is 1.52. The van der Waals surface area contributed by atoms with Crippen LogP contribution in [0.2, 0.25) is 0 Å². The van der Waals surface area contributed by atoms with Gasteiger partial charge in [-0.1, -0.05) is 0 Å². The molecule has 7 heteroatoms. The van der Waals surface area contributed by atoms with Gasteiger partial charge in [0.2, 0.25) is 11.8 Å². The molecule has 0 saturated carbocycles. The second-order valence-corrected chi connectivity index (χ2v) is 6.36. The van der Waals surface area contributed by atoms with E-state index in [0.29, 0.717) is 54.7 Å². The molecular formula is C20H20N2O5. The van der Waals surface area contributed by atoms with Crippen LogP contribution in [-0.4, -0.2) is 38.2 Å². The Bertz CT molecular complexity index is 865. The first-order valence-corrected chi connectivity index (χ1v) is 8.82. The zero-order valence-corrected chi connectivity index (χ0v) is 14.9. The first-order chi connectivity index (χ1) is 13.2. The molecule has 1 saturated heterocycles. The molecule has 1 unspecified atom stereocenters. The highest BCUT2D eigenvalue weighted by atomic mass is 16.6. The van der Waals surface area contributed by atoms with Gasteiger partial charge in [-0.25, -0.2) is 0 Å². The highest BCUT2D eigenvalue weighted by molar-refractivity contribution is 6.07. The summed E-state index contributed by atoms with van der Waals surface area (Å²) in [6.45, 7) is 0.993. The van der Waals surface area contributed by atoms with Crippen LogP contribution in [0.1, 0.15) is 12.8 Å². The van der Waals surface area contributed by atoms with Crippen LogP contribution >= 0.6 is 0 Å². The van der Waals surface area contributed by atoms with Gasteiger partial charge in [-0.05, 0) is 42.8 Å². The number of nitrogens with zero attached hydrogens (tertiary/aromatic N) is 1. The molecular weight excluding hydrogens is 348 g/mol. The van der Waals surface area contributed by atoms with Gasteiger partial charge in [-0.3, -0.25) is 14.5 Å². The number of benzene rings is 2. The number of carbonyl (C=O) groups is 2. The van der Waals surface area contributed by atoms with Gasteiger partial charge in [-0.2, -0.15) is 0 Å². The van der Waals surface area contributed by atoms with Crippen LogP contribution in [0.5, 0.6) is 17.2 Å². The fraction of sp³-hybridized carbons (Fsp3) is 0.300. The van der Waals surface area contributed by atoms with Gasteiger partial charge in [-0.15, -0.1) is 0 Å². The second kappa shape index (κ2) is 7.19. The molecule has 2 aliphatic heterocycles. The first kappa shape index (κ1) is 17.2. The Morgan fingerprint density at radius 3 is 2.59 bits per heavy atom.